The van der Waals surface area contributed by atoms with Gasteiger partial charge in [-0.3, -0.25) is 4.79 Å². The van der Waals surface area contributed by atoms with Crippen molar-refractivity contribution in [2.45, 2.75) is 39.7 Å². The molecule has 0 bridgehead atoms. The molecule has 1 N–H and O–H groups in total. The molecule has 0 radical (unpaired) electrons. The molecule has 0 aliphatic carbocycles. The molecule has 2 rings (SSSR count). The molecule has 0 unspecified atom stereocenters. The van der Waals surface area contributed by atoms with E-state index >= 15 is 0 Å². The van der Waals surface area contributed by atoms with Crippen molar-refractivity contribution in [3.8, 4) is 0 Å². The highest BCUT2D eigenvalue weighted by atomic mass is 16.5. The van der Waals surface area contributed by atoms with Gasteiger partial charge in [-0.05, 0) is 26.3 Å². The van der Waals surface area contributed by atoms with E-state index in [1.807, 2.05) is 32.0 Å². The van der Waals surface area contributed by atoms with Crippen molar-refractivity contribution in [3.63, 3.8) is 0 Å². The lowest BCUT2D eigenvalue weighted by Gasteiger charge is -2.12. The summed E-state index contributed by atoms with van der Waals surface area (Å²) in [7, 11) is 0. The zero-order chi connectivity index (χ0) is 16.1. The zero-order valence-corrected chi connectivity index (χ0v) is 13.1. The molecule has 0 fully saturated rings. The van der Waals surface area contributed by atoms with E-state index in [2.05, 4.69) is 5.32 Å². The van der Waals surface area contributed by atoms with Gasteiger partial charge in [0.05, 0.1) is 0 Å². The van der Waals surface area contributed by atoms with Crippen LogP contribution in [0.15, 0.2) is 28.7 Å². The van der Waals surface area contributed by atoms with Crippen LogP contribution < -0.4 is 5.32 Å². The Bertz CT molecular complexity index is 674. The van der Waals surface area contributed by atoms with Gasteiger partial charge in [-0.1, -0.05) is 31.5 Å². The summed E-state index contributed by atoms with van der Waals surface area (Å²) in [4.78, 5) is 23.8. The molecule has 1 aromatic carbocycles. The lowest BCUT2D eigenvalue weighted by atomic mass is 10.1. The summed E-state index contributed by atoms with van der Waals surface area (Å²) in [6.45, 7) is 5.47. The third kappa shape index (κ3) is 3.67. The highest BCUT2D eigenvalue weighted by Gasteiger charge is 2.20. The Hall–Kier alpha value is -2.30. The predicted molar refractivity (Wildman–Crippen MR) is 83.7 cm³/mol. The molecule has 0 saturated heterocycles. The van der Waals surface area contributed by atoms with Gasteiger partial charge in [0.15, 0.2) is 6.61 Å². The molecule has 22 heavy (non-hydrogen) atoms. The molecule has 2 aromatic rings. The van der Waals surface area contributed by atoms with Gasteiger partial charge in [0.25, 0.3) is 5.91 Å². The van der Waals surface area contributed by atoms with Crippen LogP contribution in [0.5, 0.6) is 0 Å². The first-order valence-corrected chi connectivity index (χ1v) is 7.47. The zero-order valence-electron chi connectivity index (χ0n) is 13.1. The minimum atomic E-state index is -0.619. The number of amides is 1. The van der Waals surface area contributed by atoms with Gasteiger partial charge >= 0.3 is 5.97 Å². The van der Waals surface area contributed by atoms with Crippen molar-refractivity contribution in [1.82, 2.24) is 5.32 Å². The number of rotatable bonds is 6. The number of fused-ring (bicyclic) bond motifs is 1. The molecule has 1 atom stereocenters. The molecular weight excluding hydrogens is 282 g/mol. The molecule has 1 heterocycles. The van der Waals surface area contributed by atoms with Crippen molar-refractivity contribution in [2.24, 2.45) is 0 Å². The van der Waals surface area contributed by atoms with Crippen LogP contribution in [-0.2, 0) is 9.53 Å². The largest absolute Gasteiger partial charge is 0.450 e. The molecule has 0 aliphatic rings. The Kier molecular flexibility index (Phi) is 5.20. The van der Waals surface area contributed by atoms with Crippen LogP contribution >= 0.6 is 0 Å². The lowest BCUT2D eigenvalue weighted by Crippen LogP contribution is -2.35. The summed E-state index contributed by atoms with van der Waals surface area (Å²) in [5.41, 5.74) is 1.35. The number of carbonyl (C=O) groups excluding carboxylic acids is 2. The number of esters is 1. The fourth-order valence-electron chi connectivity index (χ4n) is 2.39. The van der Waals surface area contributed by atoms with Crippen molar-refractivity contribution >= 4 is 22.8 Å². The smallest absolute Gasteiger partial charge is 0.375 e. The molecule has 0 saturated carbocycles. The van der Waals surface area contributed by atoms with Gasteiger partial charge in [-0.25, -0.2) is 4.79 Å². The Morgan fingerprint density at radius 2 is 2.05 bits per heavy atom. The van der Waals surface area contributed by atoms with Crippen LogP contribution in [0.4, 0.5) is 0 Å². The summed E-state index contributed by atoms with van der Waals surface area (Å²) in [6, 6.07) is 7.46. The predicted octanol–water partition coefficient (Wildman–Crippen LogP) is 3.20. The maximum Gasteiger partial charge on any atom is 0.375 e. The number of ether oxygens (including phenoxy) is 1. The van der Waals surface area contributed by atoms with Crippen molar-refractivity contribution in [3.05, 3.63) is 35.6 Å². The number of hydrogen-bond acceptors (Lipinski definition) is 4. The van der Waals surface area contributed by atoms with Crippen LogP contribution in [0.25, 0.3) is 11.0 Å². The quantitative estimate of drug-likeness (QED) is 0.832. The Morgan fingerprint density at radius 3 is 2.73 bits per heavy atom. The topological polar surface area (TPSA) is 68.5 Å². The second kappa shape index (κ2) is 7.11. The number of carbonyl (C=O) groups is 2. The van der Waals surface area contributed by atoms with E-state index < -0.39 is 5.97 Å². The van der Waals surface area contributed by atoms with E-state index in [1.54, 1.807) is 13.0 Å². The molecule has 1 aromatic heterocycles. The molecular formula is C17H21NO4. The highest BCUT2D eigenvalue weighted by molar-refractivity contribution is 5.96. The molecule has 5 heteroatoms. The minimum absolute atomic E-state index is 0.0733. The van der Waals surface area contributed by atoms with E-state index in [9.17, 15) is 9.59 Å². The fraction of sp³-hybridized carbons (Fsp3) is 0.412. The summed E-state index contributed by atoms with van der Waals surface area (Å²) in [5, 5.41) is 3.65. The van der Waals surface area contributed by atoms with E-state index in [4.69, 9.17) is 9.15 Å². The van der Waals surface area contributed by atoms with Crippen LogP contribution in [0.1, 0.15) is 42.8 Å². The average Bonchev–Trinajstić information content (AvgIpc) is 2.83. The van der Waals surface area contributed by atoms with Gasteiger partial charge in [0.1, 0.15) is 5.58 Å². The molecule has 5 nitrogen and oxygen atoms in total. The van der Waals surface area contributed by atoms with Crippen molar-refractivity contribution in [1.29, 1.82) is 0 Å². The Labute approximate surface area is 129 Å². The lowest BCUT2D eigenvalue weighted by molar-refractivity contribution is -0.124. The number of benzene rings is 1. The molecule has 0 spiro atoms. The Morgan fingerprint density at radius 1 is 1.32 bits per heavy atom. The first-order chi connectivity index (χ1) is 10.5. The average molecular weight is 303 g/mol. The van der Waals surface area contributed by atoms with Gasteiger partial charge in [0.2, 0.25) is 5.76 Å². The molecule has 1 amide bonds. The second-order valence-electron chi connectivity index (χ2n) is 5.39. The SMILES string of the molecule is CCC[C@H](C)NC(=O)COC(=O)c1oc2ccccc2c1C. The first kappa shape index (κ1) is 16.1. The van der Waals surface area contributed by atoms with Gasteiger partial charge in [-0.2, -0.15) is 0 Å². The summed E-state index contributed by atoms with van der Waals surface area (Å²) < 4.78 is 10.5. The van der Waals surface area contributed by atoms with Crippen LogP contribution in [0.3, 0.4) is 0 Å². The van der Waals surface area contributed by atoms with E-state index in [-0.39, 0.29) is 24.3 Å². The van der Waals surface area contributed by atoms with Crippen molar-refractivity contribution in [2.75, 3.05) is 6.61 Å². The fourth-order valence-corrected chi connectivity index (χ4v) is 2.39. The Balaban J connectivity index is 1.97. The van der Waals surface area contributed by atoms with Gasteiger partial charge in [-0.15, -0.1) is 0 Å². The normalized spacial score (nSPS) is 12.1. The number of aryl methyl sites for hydroxylation is 1. The molecule has 118 valence electrons. The van der Waals surface area contributed by atoms with Crippen LogP contribution in [0, 0.1) is 6.92 Å². The van der Waals surface area contributed by atoms with E-state index in [1.165, 1.54) is 0 Å². The molecule has 0 aliphatic heterocycles. The maximum atomic E-state index is 12.1. The number of hydrogen-bond donors (Lipinski definition) is 1. The number of furan rings is 1. The number of nitrogens with one attached hydrogen (secondary N) is 1. The summed E-state index contributed by atoms with van der Waals surface area (Å²) in [5.74, 6) is -0.773. The second-order valence-corrected chi connectivity index (χ2v) is 5.39. The van der Waals surface area contributed by atoms with Crippen LogP contribution in [-0.4, -0.2) is 24.5 Å². The standard InChI is InChI=1S/C17H21NO4/c1-4-7-11(2)18-15(19)10-21-17(20)16-12(3)13-8-5-6-9-14(13)22-16/h5-6,8-9,11H,4,7,10H2,1-3H3,(H,18,19)/t11-/m0/s1. The summed E-state index contributed by atoms with van der Waals surface area (Å²) >= 11 is 0. The maximum absolute atomic E-state index is 12.1. The highest BCUT2D eigenvalue weighted by Crippen LogP contribution is 2.25. The third-order valence-electron chi connectivity index (χ3n) is 3.49. The van der Waals surface area contributed by atoms with Gasteiger partial charge in [0, 0.05) is 17.0 Å². The van der Waals surface area contributed by atoms with E-state index in [0.29, 0.717) is 5.58 Å². The first-order valence-electron chi connectivity index (χ1n) is 7.47. The number of para-hydroxylation sites is 1. The van der Waals surface area contributed by atoms with E-state index in [0.717, 1.165) is 23.8 Å². The monoisotopic (exact) mass is 303 g/mol. The van der Waals surface area contributed by atoms with Crippen LogP contribution in [0.2, 0.25) is 0 Å². The third-order valence-corrected chi connectivity index (χ3v) is 3.49. The summed E-state index contributed by atoms with van der Waals surface area (Å²) in [6.07, 6.45) is 1.88. The minimum Gasteiger partial charge on any atom is -0.450 e. The van der Waals surface area contributed by atoms with Crippen molar-refractivity contribution < 1.29 is 18.7 Å². The van der Waals surface area contributed by atoms with Gasteiger partial charge < -0.3 is 14.5 Å².